The molecule has 8 nitrogen and oxygen atoms in total. The number of anilines is 1. The van der Waals surface area contributed by atoms with Crippen LogP contribution in [-0.4, -0.2) is 54.4 Å². The highest BCUT2D eigenvalue weighted by Crippen LogP contribution is 2.55. The molecule has 2 unspecified atom stereocenters. The third-order valence-corrected chi connectivity index (χ3v) is 10.0. The van der Waals surface area contributed by atoms with Crippen molar-refractivity contribution in [3.63, 3.8) is 0 Å². The third kappa shape index (κ3) is 5.40. The number of hydrogen-bond donors (Lipinski definition) is 4. The molecule has 4 N–H and O–H groups in total. The first kappa shape index (κ1) is 28.3. The maximum atomic E-state index is 13.5. The second kappa shape index (κ2) is 10.8. The molecule has 3 fully saturated rings. The Balaban J connectivity index is 1.47. The Kier molecular flexibility index (Phi) is 8.08. The summed E-state index contributed by atoms with van der Waals surface area (Å²) < 4.78 is 67.2. The van der Waals surface area contributed by atoms with Gasteiger partial charge < -0.3 is 20.8 Å². The van der Waals surface area contributed by atoms with Gasteiger partial charge in [-0.15, -0.1) is 0 Å². The van der Waals surface area contributed by atoms with Crippen LogP contribution in [0.4, 0.5) is 18.9 Å². The van der Waals surface area contributed by atoms with E-state index in [2.05, 4.69) is 10.6 Å². The Hall–Kier alpha value is -2.67. The molecule has 5 rings (SSSR count). The zero-order valence-corrected chi connectivity index (χ0v) is 21.6. The number of amides is 2. The lowest BCUT2D eigenvalue weighted by Crippen LogP contribution is -2.66. The highest BCUT2D eigenvalue weighted by molar-refractivity contribution is 7.92. The third-order valence-electron chi connectivity index (χ3n) is 7.39. The maximum absolute atomic E-state index is 13.5. The second-order valence-corrected chi connectivity index (χ2v) is 12.3. The van der Waals surface area contributed by atoms with E-state index in [1.54, 1.807) is 0 Å². The van der Waals surface area contributed by atoms with Crippen molar-refractivity contribution in [1.82, 2.24) is 5.32 Å². The molecule has 3 aliphatic rings. The van der Waals surface area contributed by atoms with Crippen LogP contribution in [0.5, 0.6) is 0 Å². The van der Waals surface area contributed by atoms with Crippen LogP contribution in [0, 0.1) is 29.3 Å². The minimum atomic E-state index is -4.04. The van der Waals surface area contributed by atoms with Crippen LogP contribution in [-0.2, 0) is 14.6 Å². The van der Waals surface area contributed by atoms with Crippen molar-refractivity contribution in [2.45, 2.75) is 47.9 Å². The molecule has 0 aliphatic heterocycles. The molecule has 206 valence electrons. The fourth-order valence-electron chi connectivity index (χ4n) is 5.24. The highest BCUT2D eigenvalue weighted by Gasteiger charge is 2.60. The van der Waals surface area contributed by atoms with E-state index in [1.807, 2.05) is 0 Å². The summed E-state index contributed by atoms with van der Waals surface area (Å²) in [6.45, 7) is -0.141. The summed E-state index contributed by atoms with van der Waals surface area (Å²) in [6, 6.07) is 4.71. The van der Waals surface area contributed by atoms with Gasteiger partial charge >= 0.3 is 0 Å². The van der Waals surface area contributed by atoms with Gasteiger partial charge in [-0.2, -0.15) is 0 Å². The van der Waals surface area contributed by atoms with Gasteiger partial charge in [-0.25, -0.2) is 21.6 Å². The lowest BCUT2D eigenvalue weighted by atomic mass is 9.53. The van der Waals surface area contributed by atoms with Crippen molar-refractivity contribution in [2.75, 3.05) is 18.5 Å². The number of rotatable bonds is 9. The molecule has 2 aromatic rings. The molecular formula is C25H26ClF3N2O6S. The Bertz CT molecular complexity index is 1340. The van der Waals surface area contributed by atoms with Crippen molar-refractivity contribution < 1.29 is 41.4 Å². The standard InChI is InChI=1S/C25H26ClF3N2O6S/c26-18-4-3-13(24(34)31-16-10-19(27)23(29)20(28)11-16)6-21(18)38(36,37)17-8-14-7-15(9-17)25(14,35)12-30-22(33)2-1-5-32/h3-4,6,10-11,14-15,17,32,35H,1-2,5,7-9,12H2,(H,30,33)(H,31,34)/t14?,15?,17-,25-. The van der Waals surface area contributed by atoms with E-state index < -0.39 is 44.0 Å². The Morgan fingerprint density at radius 3 is 2.29 bits per heavy atom. The van der Waals surface area contributed by atoms with Crippen LogP contribution < -0.4 is 10.6 Å². The van der Waals surface area contributed by atoms with Gasteiger partial charge in [0.2, 0.25) is 5.91 Å². The summed E-state index contributed by atoms with van der Waals surface area (Å²) in [4.78, 5) is 24.2. The molecule has 2 amide bonds. The Morgan fingerprint density at radius 2 is 1.68 bits per heavy atom. The molecule has 2 bridgehead atoms. The summed E-state index contributed by atoms with van der Waals surface area (Å²) in [5.74, 6) is -6.62. The lowest BCUT2D eigenvalue weighted by molar-refractivity contribution is -0.174. The van der Waals surface area contributed by atoms with Crippen molar-refractivity contribution in [3.05, 3.63) is 58.4 Å². The zero-order valence-electron chi connectivity index (χ0n) is 20.0. The predicted octanol–water partition coefficient (Wildman–Crippen LogP) is 3.20. The van der Waals surface area contributed by atoms with Crippen molar-refractivity contribution in [2.24, 2.45) is 11.8 Å². The normalized spacial score (nSPS) is 24.4. The van der Waals surface area contributed by atoms with Gasteiger partial charge in [0, 0.05) is 43.0 Å². The molecule has 38 heavy (non-hydrogen) atoms. The van der Waals surface area contributed by atoms with E-state index in [0.29, 0.717) is 25.0 Å². The number of fused-ring (bicyclic) bond motifs is 2. The zero-order chi connectivity index (χ0) is 27.8. The van der Waals surface area contributed by atoms with E-state index in [-0.39, 0.29) is 71.3 Å². The summed E-state index contributed by atoms with van der Waals surface area (Å²) in [5.41, 5.74) is -1.74. The molecule has 0 spiro atoms. The van der Waals surface area contributed by atoms with Crippen LogP contribution in [0.2, 0.25) is 5.02 Å². The SMILES string of the molecule is O=C(CCCO)NC[C@]1(O)C2CC1C[C@@H](S(=O)(=O)c1cc(C(=O)Nc3cc(F)c(F)c(F)c3)ccc1Cl)C2. The quantitative estimate of drug-likeness (QED) is 0.340. The monoisotopic (exact) mass is 574 g/mol. The summed E-state index contributed by atoms with van der Waals surface area (Å²) >= 11 is 6.19. The van der Waals surface area contributed by atoms with Gasteiger partial charge in [-0.1, -0.05) is 11.6 Å². The van der Waals surface area contributed by atoms with E-state index in [1.165, 1.54) is 12.1 Å². The molecule has 0 aromatic heterocycles. The number of sulfone groups is 1. The number of carbonyl (C=O) groups is 2. The molecule has 2 aromatic carbocycles. The molecular weight excluding hydrogens is 549 g/mol. The van der Waals surface area contributed by atoms with Gasteiger partial charge in [0.1, 0.15) is 0 Å². The minimum Gasteiger partial charge on any atom is -0.396 e. The smallest absolute Gasteiger partial charge is 0.255 e. The summed E-state index contributed by atoms with van der Waals surface area (Å²) in [6.07, 6.45) is 1.28. The predicted molar refractivity (Wildman–Crippen MR) is 132 cm³/mol. The average molecular weight is 575 g/mol. The fraction of sp³-hybridized carbons (Fsp3) is 0.440. The van der Waals surface area contributed by atoms with Crippen LogP contribution in [0.3, 0.4) is 0 Å². The van der Waals surface area contributed by atoms with E-state index in [9.17, 15) is 36.3 Å². The van der Waals surface area contributed by atoms with Gasteiger partial charge in [-0.05, 0) is 55.7 Å². The lowest BCUT2D eigenvalue weighted by Gasteiger charge is -2.58. The van der Waals surface area contributed by atoms with E-state index in [0.717, 1.165) is 6.07 Å². The molecule has 0 saturated heterocycles. The van der Waals surface area contributed by atoms with Crippen molar-refractivity contribution >= 4 is 38.9 Å². The minimum absolute atomic E-state index is 0.0135. The molecule has 2 atom stereocenters. The van der Waals surface area contributed by atoms with Crippen LogP contribution >= 0.6 is 11.6 Å². The van der Waals surface area contributed by atoms with E-state index >= 15 is 0 Å². The molecule has 3 saturated carbocycles. The van der Waals surface area contributed by atoms with Crippen LogP contribution in [0.15, 0.2) is 35.2 Å². The number of halogens is 4. The van der Waals surface area contributed by atoms with Gasteiger partial charge in [-0.3, -0.25) is 9.59 Å². The van der Waals surface area contributed by atoms with Crippen LogP contribution in [0.25, 0.3) is 0 Å². The van der Waals surface area contributed by atoms with Crippen molar-refractivity contribution in [1.29, 1.82) is 0 Å². The largest absolute Gasteiger partial charge is 0.396 e. The fourth-order valence-corrected chi connectivity index (χ4v) is 7.64. The Morgan fingerprint density at radius 1 is 1.05 bits per heavy atom. The highest BCUT2D eigenvalue weighted by atomic mass is 35.5. The summed E-state index contributed by atoms with van der Waals surface area (Å²) in [5, 5.41) is 23.8. The Labute approximate surface area is 222 Å². The number of hydrogen-bond acceptors (Lipinski definition) is 6. The molecule has 0 radical (unpaired) electrons. The molecule has 13 heteroatoms. The average Bonchev–Trinajstić information content (AvgIpc) is 2.89. The number of aliphatic hydroxyl groups excluding tert-OH is 1. The van der Waals surface area contributed by atoms with Crippen molar-refractivity contribution in [3.8, 4) is 0 Å². The first-order valence-corrected chi connectivity index (χ1v) is 13.9. The molecule has 0 heterocycles. The first-order valence-electron chi connectivity index (χ1n) is 12.0. The van der Waals surface area contributed by atoms with E-state index in [4.69, 9.17) is 16.7 Å². The maximum Gasteiger partial charge on any atom is 0.255 e. The number of aliphatic hydroxyl groups is 2. The number of carbonyl (C=O) groups excluding carboxylic acids is 2. The topological polar surface area (TPSA) is 133 Å². The van der Waals surface area contributed by atoms with Gasteiger partial charge in [0.25, 0.3) is 5.91 Å². The number of benzene rings is 2. The number of nitrogens with one attached hydrogen (secondary N) is 2. The van der Waals surface area contributed by atoms with Crippen LogP contribution in [0.1, 0.15) is 42.5 Å². The van der Waals surface area contributed by atoms with Gasteiger partial charge in [0.15, 0.2) is 27.3 Å². The van der Waals surface area contributed by atoms with Gasteiger partial charge in [0.05, 0.1) is 20.8 Å². The molecule has 3 aliphatic carbocycles. The second-order valence-electron chi connectivity index (χ2n) is 9.72. The summed E-state index contributed by atoms with van der Waals surface area (Å²) in [7, 11) is -4.04. The first-order chi connectivity index (χ1) is 17.9.